The van der Waals surface area contributed by atoms with Gasteiger partial charge in [0, 0.05) is 18.1 Å². The highest BCUT2D eigenvalue weighted by atomic mass is 35.5. The third kappa shape index (κ3) is 4.35. The fraction of sp³-hybridized carbons (Fsp3) is 0.562. The second-order valence-electron chi connectivity index (χ2n) is 5.51. The van der Waals surface area contributed by atoms with Crippen molar-refractivity contribution in [2.75, 3.05) is 20.1 Å². The molecule has 1 aliphatic rings. The van der Waals surface area contributed by atoms with Crippen LogP contribution in [-0.4, -0.2) is 26.0 Å². The minimum absolute atomic E-state index is 0. The van der Waals surface area contributed by atoms with E-state index in [2.05, 4.69) is 10.6 Å². The van der Waals surface area contributed by atoms with E-state index in [9.17, 15) is 4.79 Å². The van der Waals surface area contributed by atoms with Crippen LogP contribution in [-0.2, 0) is 10.2 Å². The van der Waals surface area contributed by atoms with E-state index < -0.39 is 0 Å². The summed E-state index contributed by atoms with van der Waals surface area (Å²) in [7, 11) is 1.89. The summed E-state index contributed by atoms with van der Waals surface area (Å²) >= 11 is 5.97. The molecule has 0 unspecified atom stereocenters. The van der Waals surface area contributed by atoms with Gasteiger partial charge in [-0.1, -0.05) is 43.0 Å². The van der Waals surface area contributed by atoms with E-state index in [1.165, 1.54) is 6.42 Å². The smallest absolute Gasteiger partial charge is 0.230 e. The number of likely N-dealkylation sites (N-methyl/N-ethyl adjacent to an activating group) is 1. The second kappa shape index (κ2) is 8.62. The fourth-order valence-electron chi connectivity index (χ4n) is 3.04. The van der Waals surface area contributed by atoms with Crippen molar-refractivity contribution in [2.45, 2.75) is 37.5 Å². The summed E-state index contributed by atoms with van der Waals surface area (Å²) in [5, 5.41) is 6.84. The van der Waals surface area contributed by atoms with E-state index >= 15 is 0 Å². The molecular weight excluding hydrogens is 307 g/mol. The van der Waals surface area contributed by atoms with Crippen molar-refractivity contribution >= 4 is 29.9 Å². The largest absolute Gasteiger partial charge is 0.354 e. The number of rotatable bonds is 5. The lowest BCUT2D eigenvalue weighted by atomic mass is 9.68. The molecule has 0 aliphatic heterocycles. The Morgan fingerprint density at radius 3 is 2.33 bits per heavy atom. The number of carbonyl (C=O) groups excluding carboxylic acids is 1. The number of benzene rings is 1. The van der Waals surface area contributed by atoms with Gasteiger partial charge in [-0.25, -0.2) is 0 Å². The van der Waals surface area contributed by atoms with Crippen molar-refractivity contribution in [1.82, 2.24) is 10.6 Å². The first kappa shape index (κ1) is 18.3. The molecular formula is C16H24Cl2N2O. The number of amides is 1. The highest BCUT2D eigenvalue weighted by Gasteiger charge is 2.40. The predicted molar refractivity (Wildman–Crippen MR) is 90.4 cm³/mol. The molecule has 0 atom stereocenters. The van der Waals surface area contributed by atoms with Crippen molar-refractivity contribution in [3.8, 4) is 0 Å². The van der Waals surface area contributed by atoms with E-state index in [0.717, 1.165) is 42.8 Å². The van der Waals surface area contributed by atoms with Crippen LogP contribution in [0.5, 0.6) is 0 Å². The predicted octanol–water partition coefficient (Wildman–Crippen LogP) is 3.30. The first-order valence-electron chi connectivity index (χ1n) is 7.38. The molecule has 0 aromatic heterocycles. The molecule has 21 heavy (non-hydrogen) atoms. The topological polar surface area (TPSA) is 41.1 Å². The van der Waals surface area contributed by atoms with Crippen molar-refractivity contribution < 1.29 is 4.79 Å². The monoisotopic (exact) mass is 330 g/mol. The maximum absolute atomic E-state index is 12.7. The van der Waals surface area contributed by atoms with Gasteiger partial charge in [0.15, 0.2) is 0 Å². The van der Waals surface area contributed by atoms with E-state index in [0.29, 0.717) is 6.54 Å². The van der Waals surface area contributed by atoms with Crippen molar-refractivity contribution in [3.63, 3.8) is 0 Å². The highest BCUT2D eigenvalue weighted by molar-refractivity contribution is 6.30. The van der Waals surface area contributed by atoms with Crippen LogP contribution in [0.4, 0.5) is 0 Å². The Hall–Kier alpha value is -0.770. The van der Waals surface area contributed by atoms with Crippen LogP contribution < -0.4 is 10.6 Å². The molecule has 1 aliphatic carbocycles. The molecule has 2 N–H and O–H groups in total. The maximum atomic E-state index is 12.7. The average molecular weight is 331 g/mol. The second-order valence-corrected chi connectivity index (χ2v) is 5.95. The van der Waals surface area contributed by atoms with Gasteiger partial charge in [-0.2, -0.15) is 0 Å². The number of nitrogens with one attached hydrogen (secondary N) is 2. The zero-order valence-corrected chi connectivity index (χ0v) is 14.0. The summed E-state index contributed by atoms with van der Waals surface area (Å²) in [6.07, 6.45) is 5.31. The highest BCUT2D eigenvalue weighted by Crippen LogP contribution is 2.40. The Morgan fingerprint density at radius 2 is 1.76 bits per heavy atom. The van der Waals surface area contributed by atoms with Crippen LogP contribution in [0.3, 0.4) is 0 Å². The van der Waals surface area contributed by atoms with Crippen LogP contribution in [0, 0.1) is 0 Å². The van der Waals surface area contributed by atoms with Crippen LogP contribution in [0.15, 0.2) is 24.3 Å². The van der Waals surface area contributed by atoms with Crippen molar-refractivity contribution in [2.24, 2.45) is 0 Å². The molecule has 5 heteroatoms. The quantitative estimate of drug-likeness (QED) is 0.813. The van der Waals surface area contributed by atoms with Gasteiger partial charge in [-0.3, -0.25) is 4.79 Å². The molecule has 1 amide bonds. The molecule has 0 heterocycles. The number of halogens is 2. The van der Waals surface area contributed by atoms with E-state index in [-0.39, 0.29) is 23.7 Å². The Morgan fingerprint density at radius 1 is 1.14 bits per heavy atom. The van der Waals surface area contributed by atoms with Gasteiger partial charge >= 0.3 is 0 Å². The molecule has 1 saturated carbocycles. The molecule has 2 rings (SSSR count). The summed E-state index contributed by atoms with van der Waals surface area (Å²) in [6.45, 7) is 1.47. The molecule has 0 bridgehead atoms. The van der Waals surface area contributed by atoms with Gasteiger partial charge in [-0.05, 0) is 37.6 Å². The van der Waals surface area contributed by atoms with Crippen LogP contribution >= 0.6 is 24.0 Å². The maximum Gasteiger partial charge on any atom is 0.230 e. The van der Waals surface area contributed by atoms with Gasteiger partial charge in [0.1, 0.15) is 0 Å². The SMILES string of the molecule is CNCCNC(=O)C1(c2ccc(Cl)cc2)CCCCC1.Cl. The van der Waals surface area contributed by atoms with E-state index in [1.807, 2.05) is 31.3 Å². The van der Waals surface area contributed by atoms with Gasteiger partial charge in [0.05, 0.1) is 5.41 Å². The van der Waals surface area contributed by atoms with E-state index in [4.69, 9.17) is 11.6 Å². The van der Waals surface area contributed by atoms with Crippen LogP contribution in [0.2, 0.25) is 5.02 Å². The zero-order chi connectivity index (χ0) is 14.4. The third-order valence-electron chi connectivity index (χ3n) is 4.20. The van der Waals surface area contributed by atoms with Crippen LogP contribution in [0.25, 0.3) is 0 Å². The number of hydrogen-bond acceptors (Lipinski definition) is 2. The third-order valence-corrected chi connectivity index (χ3v) is 4.45. The average Bonchev–Trinajstić information content (AvgIpc) is 2.49. The molecule has 1 fully saturated rings. The van der Waals surface area contributed by atoms with Crippen molar-refractivity contribution in [1.29, 1.82) is 0 Å². The first-order valence-corrected chi connectivity index (χ1v) is 7.76. The molecule has 0 saturated heterocycles. The summed E-state index contributed by atoms with van der Waals surface area (Å²) in [5.74, 6) is 0.162. The normalized spacial score (nSPS) is 16.9. The van der Waals surface area contributed by atoms with E-state index in [1.54, 1.807) is 0 Å². The minimum atomic E-state index is -0.365. The lowest BCUT2D eigenvalue weighted by Gasteiger charge is -2.36. The fourth-order valence-corrected chi connectivity index (χ4v) is 3.17. The first-order chi connectivity index (χ1) is 9.69. The molecule has 0 spiro atoms. The molecule has 118 valence electrons. The van der Waals surface area contributed by atoms with Crippen LogP contribution in [0.1, 0.15) is 37.7 Å². The lowest BCUT2D eigenvalue weighted by molar-refractivity contribution is -0.128. The van der Waals surface area contributed by atoms with Gasteiger partial charge < -0.3 is 10.6 Å². The lowest BCUT2D eigenvalue weighted by Crippen LogP contribution is -2.47. The van der Waals surface area contributed by atoms with Gasteiger partial charge in [-0.15, -0.1) is 12.4 Å². The molecule has 1 aromatic carbocycles. The summed E-state index contributed by atoms with van der Waals surface area (Å²) in [4.78, 5) is 12.7. The standard InChI is InChI=1S/C16H23ClN2O.ClH/c1-18-11-12-19-15(20)16(9-3-2-4-10-16)13-5-7-14(17)8-6-13;/h5-8,18H,2-4,9-12H2,1H3,(H,19,20);1H. The van der Waals surface area contributed by atoms with Gasteiger partial charge in [0.2, 0.25) is 5.91 Å². The Balaban J connectivity index is 0.00000220. The summed E-state index contributed by atoms with van der Waals surface area (Å²) < 4.78 is 0. The molecule has 0 radical (unpaired) electrons. The van der Waals surface area contributed by atoms with Crippen molar-refractivity contribution in [3.05, 3.63) is 34.9 Å². The van der Waals surface area contributed by atoms with Gasteiger partial charge in [0.25, 0.3) is 0 Å². The summed E-state index contributed by atoms with van der Waals surface area (Å²) in [6, 6.07) is 7.78. The zero-order valence-electron chi connectivity index (χ0n) is 12.5. The molecule has 1 aromatic rings. The number of hydrogen-bond donors (Lipinski definition) is 2. The Labute approximate surface area is 138 Å². The Kier molecular flexibility index (Phi) is 7.50. The number of carbonyl (C=O) groups is 1. The summed E-state index contributed by atoms with van der Waals surface area (Å²) in [5.41, 5.74) is 0.736. The Bertz CT molecular complexity index is 442. The minimum Gasteiger partial charge on any atom is -0.354 e. The molecule has 3 nitrogen and oxygen atoms in total.